The van der Waals surface area contributed by atoms with Gasteiger partial charge >= 0.3 is 0 Å². The lowest BCUT2D eigenvalue weighted by Gasteiger charge is -2.28. The number of nitrogens with zero attached hydrogens (tertiary/aromatic N) is 1. The van der Waals surface area contributed by atoms with Crippen molar-refractivity contribution in [1.29, 1.82) is 0 Å². The molecule has 0 unspecified atom stereocenters. The predicted octanol–water partition coefficient (Wildman–Crippen LogP) is 3.83. The van der Waals surface area contributed by atoms with Crippen molar-refractivity contribution in [3.8, 4) is 0 Å². The Morgan fingerprint density at radius 2 is 1.33 bits per heavy atom. The molecular weight excluding hydrogens is 394 g/mol. The smallest absolute Gasteiger partial charge is 0.279 e. The summed E-state index contributed by atoms with van der Waals surface area (Å²) < 4.78 is 30.3. The molecule has 2 atom stereocenters. The Morgan fingerprint density at radius 3 is 1.90 bits per heavy atom. The molecule has 3 aromatic carbocycles. The van der Waals surface area contributed by atoms with E-state index in [2.05, 4.69) is 16.9 Å². The second-order valence-electron chi connectivity index (χ2n) is 7.36. The fourth-order valence-electron chi connectivity index (χ4n) is 3.40. The van der Waals surface area contributed by atoms with E-state index in [1.54, 1.807) is 7.05 Å². The van der Waals surface area contributed by atoms with Gasteiger partial charge in [0.2, 0.25) is 0 Å². The van der Waals surface area contributed by atoms with E-state index in [-0.39, 0.29) is 0 Å². The fourth-order valence-corrected chi connectivity index (χ4v) is 4.55. The molecule has 3 aromatic rings. The first-order valence-corrected chi connectivity index (χ1v) is 11.5. The molecule has 3 rings (SSSR count). The minimum atomic E-state index is -3.71. The van der Waals surface area contributed by atoms with Crippen LogP contribution in [0.1, 0.15) is 35.2 Å². The topological polar surface area (TPSA) is 75.4 Å². The Balaban J connectivity index is 1.72. The summed E-state index contributed by atoms with van der Waals surface area (Å²) in [6.07, 6.45) is 1.56. The molecule has 5 nitrogen and oxygen atoms in total. The molecule has 30 heavy (non-hydrogen) atoms. The maximum Gasteiger partial charge on any atom is 0.279 e. The molecule has 0 heterocycles. The minimum absolute atomic E-state index is 0.423. The molecular formula is C24H29N3O2S. The zero-order chi connectivity index (χ0) is 21.4. The molecule has 0 aliphatic rings. The quantitative estimate of drug-likeness (QED) is 0.520. The standard InChI is InChI=1S/C24H29N3O2S/c1-27(19-11-14-20-12-5-2-6-13-20)30(28,29)26-24(22-17-9-4-10-18-22)23(25)21-15-7-3-8-16-21/h2-10,12-13,15-18,23-24,26H,11,14,19,25H2,1H3/t23-,24-/m0/s1. The first kappa shape index (κ1) is 22.2. The first-order valence-electron chi connectivity index (χ1n) is 10.1. The van der Waals surface area contributed by atoms with Crippen LogP contribution in [-0.2, 0) is 16.6 Å². The van der Waals surface area contributed by atoms with Crippen LogP contribution < -0.4 is 10.5 Å². The van der Waals surface area contributed by atoms with Gasteiger partial charge in [-0.05, 0) is 29.5 Å². The zero-order valence-corrected chi connectivity index (χ0v) is 18.0. The van der Waals surface area contributed by atoms with Crippen molar-refractivity contribution in [2.75, 3.05) is 13.6 Å². The van der Waals surface area contributed by atoms with Crippen LogP contribution in [0.5, 0.6) is 0 Å². The van der Waals surface area contributed by atoms with Crippen LogP contribution in [0.15, 0.2) is 91.0 Å². The van der Waals surface area contributed by atoms with Crippen molar-refractivity contribution in [3.05, 3.63) is 108 Å². The van der Waals surface area contributed by atoms with E-state index >= 15 is 0 Å². The summed E-state index contributed by atoms with van der Waals surface area (Å²) in [5.74, 6) is 0. The van der Waals surface area contributed by atoms with Gasteiger partial charge in [0.05, 0.1) is 12.1 Å². The van der Waals surface area contributed by atoms with Crippen molar-refractivity contribution < 1.29 is 8.42 Å². The summed E-state index contributed by atoms with van der Waals surface area (Å²) in [4.78, 5) is 0. The molecule has 0 saturated heterocycles. The molecule has 0 aromatic heterocycles. The van der Waals surface area contributed by atoms with E-state index in [1.165, 1.54) is 9.87 Å². The van der Waals surface area contributed by atoms with Crippen LogP contribution in [0.4, 0.5) is 0 Å². The Hall–Kier alpha value is -2.51. The van der Waals surface area contributed by atoms with Gasteiger partial charge in [-0.1, -0.05) is 91.0 Å². The first-order chi connectivity index (χ1) is 14.5. The second kappa shape index (κ2) is 10.5. The molecule has 0 saturated carbocycles. The highest BCUT2D eigenvalue weighted by Gasteiger charge is 2.28. The van der Waals surface area contributed by atoms with E-state index in [0.717, 1.165) is 24.0 Å². The van der Waals surface area contributed by atoms with Crippen molar-refractivity contribution >= 4 is 10.2 Å². The van der Waals surface area contributed by atoms with Crippen molar-refractivity contribution in [2.24, 2.45) is 5.73 Å². The van der Waals surface area contributed by atoms with Gasteiger partial charge in [-0.3, -0.25) is 0 Å². The third-order valence-electron chi connectivity index (χ3n) is 5.17. The molecule has 0 aliphatic heterocycles. The van der Waals surface area contributed by atoms with Crippen LogP contribution in [0, 0.1) is 0 Å². The summed E-state index contributed by atoms with van der Waals surface area (Å²) in [5, 5.41) is 0. The maximum absolute atomic E-state index is 13.1. The lowest BCUT2D eigenvalue weighted by atomic mass is 9.95. The molecule has 6 heteroatoms. The normalized spacial score (nSPS) is 13.8. The Morgan fingerprint density at radius 1 is 0.833 bits per heavy atom. The molecule has 0 bridgehead atoms. The number of benzene rings is 3. The largest absolute Gasteiger partial charge is 0.322 e. The summed E-state index contributed by atoms with van der Waals surface area (Å²) in [6, 6.07) is 28.0. The van der Waals surface area contributed by atoms with Gasteiger partial charge in [0.15, 0.2) is 0 Å². The number of rotatable bonds is 10. The van der Waals surface area contributed by atoms with Gasteiger partial charge < -0.3 is 5.73 Å². The fraction of sp³-hybridized carbons (Fsp3) is 0.250. The van der Waals surface area contributed by atoms with Gasteiger partial charge in [-0.15, -0.1) is 0 Å². The molecule has 0 aliphatic carbocycles. The van der Waals surface area contributed by atoms with Crippen LogP contribution in [0.2, 0.25) is 0 Å². The number of hydrogen-bond donors (Lipinski definition) is 2. The van der Waals surface area contributed by atoms with E-state index in [9.17, 15) is 8.42 Å². The summed E-state index contributed by atoms with van der Waals surface area (Å²) in [5.41, 5.74) is 9.41. The highest BCUT2D eigenvalue weighted by molar-refractivity contribution is 7.87. The molecule has 0 fully saturated rings. The minimum Gasteiger partial charge on any atom is -0.322 e. The highest BCUT2D eigenvalue weighted by Crippen LogP contribution is 2.27. The van der Waals surface area contributed by atoms with Crippen molar-refractivity contribution in [1.82, 2.24) is 9.03 Å². The average molecular weight is 424 g/mol. The molecule has 158 valence electrons. The second-order valence-corrected chi connectivity index (χ2v) is 9.17. The Bertz CT molecular complexity index is 996. The molecule has 0 radical (unpaired) electrons. The summed E-state index contributed by atoms with van der Waals surface area (Å²) >= 11 is 0. The lowest BCUT2D eigenvalue weighted by Crippen LogP contribution is -2.43. The zero-order valence-electron chi connectivity index (χ0n) is 17.2. The Kier molecular flexibility index (Phi) is 7.76. The van der Waals surface area contributed by atoms with Gasteiger partial charge in [0.25, 0.3) is 10.2 Å². The average Bonchev–Trinajstić information content (AvgIpc) is 2.79. The monoisotopic (exact) mass is 423 g/mol. The van der Waals surface area contributed by atoms with E-state index in [1.807, 2.05) is 78.9 Å². The number of nitrogens with two attached hydrogens (primary N) is 1. The van der Waals surface area contributed by atoms with Gasteiger partial charge in [0, 0.05) is 13.6 Å². The predicted molar refractivity (Wildman–Crippen MR) is 122 cm³/mol. The van der Waals surface area contributed by atoms with Gasteiger partial charge in [-0.25, -0.2) is 0 Å². The van der Waals surface area contributed by atoms with Crippen LogP contribution in [0.3, 0.4) is 0 Å². The van der Waals surface area contributed by atoms with E-state index in [0.29, 0.717) is 6.54 Å². The summed E-state index contributed by atoms with van der Waals surface area (Å²) in [7, 11) is -2.11. The maximum atomic E-state index is 13.1. The van der Waals surface area contributed by atoms with Crippen molar-refractivity contribution in [2.45, 2.75) is 24.9 Å². The number of nitrogens with one attached hydrogen (secondary N) is 1. The van der Waals surface area contributed by atoms with E-state index in [4.69, 9.17) is 5.73 Å². The number of aryl methyl sites for hydroxylation is 1. The summed E-state index contributed by atoms with van der Waals surface area (Å²) in [6.45, 7) is 0.423. The van der Waals surface area contributed by atoms with Crippen LogP contribution in [0.25, 0.3) is 0 Å². The Labute approximate surface area is 179 Å². The lowest BCUT2D eigenvalue weighted by molar-refractivity contribution is 0.428. The van der Waals surface area contributed by atoms with Crippen LogP contribution >= 0.6 is 0 Å². The van der Waals surface area contributed by atoms with Crippen molar-refractivity contribution in [3.63, 3.8) is 0 Å². The highest BCUT2D eigenvalue weighted by atomic mass is 32.2. The third-order valence-corrected chi connectivity index (χ3v) is 6.72. The molecule has 0 spiro atoms. The van der Waals surface area contributed by atoms with E-state index < -0.39 is 22.3 Å². The SMILES string of the molecule is CN(CCCc1ccccc1)S(=O)(=O)N[C@@H](c1ccccc1)[C@@H](N)c1ccccc1. The number of hydrogen-bond acceptors (Lipinski definition) is 3. The van der Waals surface area contributed by atoms with Crippen LogP contribution in [-0.4, -0.2) is 26.3 Å². The molecule has 0 amide bonds. The van der Waals surface area contributed by atoms with Gasteiger partial charge in [-0.2, -0.15) is 17.4 Å². The van der Waals surface area contributed by atoms with Gasteiger partial charge in [0.1, 0.15) is 0 Å². The molecule has 3 N–H and O–H groups in total. The third kappa shape index (κ3) is 6.00.